The Bertz CT molecular complexity index is 1110. The Morgan fingerprint density at radius 2 is 1.93 bits per heavy atom. The number of carboxylic acid groups (broad SMARTS) is 1. The predicted octanol–water partition coefficient (Wildman–Crippen LogP) is 1.39. The molecule has 10 heteroatoms. The molecule has 1 aromatic heterocycles. The predicted molar refractivity (Wildman–Crippen MR) is 108 cm³/mol. The Morgan fingerprint density at radius 3 is 2.50 bits per heavy atom. The van der Waals surface area contributed by atoms with Gasteiger partial charge in [0.05, 0.1) is 4.90 Å². The van der Waals surface area contributed by atoms with Gasteiger partial charge in [0.1, 0.15) is 12.3 Å². The molecule has 3 rings (SSSR count). The molecule has 0 saturated heterocycles. The lowest BCUT2D eigenvalue weighted by atomic mass is 10.0. The van der Waals surface area contributed by atoms with Crippen molar-refractivity contribution >= 4 is 27.5 Å². The van der Waals surface area contributed by atoms with E-state index >= 15 is 0 Å². The number of rotatable bonds is 6. The molecule has 158 valence electrons. The average molecular weight is 431 g/mol. The number of amides is 1. The molecule has 1 amide bonds. The van der Waals surface area contributed by atoms with Crippen LogP contribution >= 0.6 is 0 Å². The monoisotopic (exact) mass is 431 g/mol. The first-order valence-corrected chi connectivity index (χ1v) is 10.6. The number of hydrogen-bond donors (Lipinski definition) is 3. The molecule has 1 aliphatic heterocycles. The number of hydrogen-bond acceptors (Lipinski definition) is 6. The summed E-state index contributed by atoms with van der Waals surface area (Å²) in [5.41, 5.74) is 2.06. The van der Waals surface area contributed by atoms with Gasteiger partial charge in [0, 0.05) is 19.3 Å². The molecule has 0 atom stereocenters. The molecule has 2 heterocycles. The number of carbonyl (C=O) groups excluding carboxylic acids is 1. The highest BCUT2D eigenvalue weighted by Crippen LogP contribution is 2.28. The van der Waals surface area contributed by atoms with Gasteiger partial charge in [-0.15, -0.1) is 0 Å². The number of aromatic hydroxyl groups is 1. The molecular formula is C20H21N3O6S. The van der Waals surface area contributed by atoms with Gasteiger partial charge in [-0.3, -0.25) is 9.59 Å². The van der Waals surface area contributed by atoms with Crippen LogP contribution in [0.1, 0.15) is 28.0 Å². The van der Waals surface area contributed by atoms with E-state index in [0.717, 1.165) is 11.1 Å². The van der Waals surface area contributed by atoms with Gasteiger partial charge in [0.15, 0.2) is 5.69 Å². The van der Waals surface area contributed by atoms with Gasteiger partial charge in [0.2, 0.25) is 10.0 Å². The zero-order chi connectivity index (χ0) is 21.9. The third-order valence-electron chi connectivity index (χ3n) is 4.68. The smallest absolute Gasteiger partial charge is 0.322 e. The lowest BCUT2D eigenvalue weighted by molar-refractivity contribution is -0.135. The van der Waals surface area contributed by atoms with Gasteiger partial charge < -0.3 is 15.5 Å². The van der Waals surface area contributed by atoms with E-state index in [-0.39, 0.29) is 29.4 Å². The highest BCUT2D eigenvalue weighted by Gasteiger charge is 2.26. The number of aliphatic carboxylic acids is 1. The fraction of sp³-hybridized carbons (Fsp3) is 0.250. The fourth-order valence-electron chi connectivity index (χ4n) is 3.03. The van der Waals surface area contributed by atoms with Crippen LogP contribution in [0.4, 0.5) is 0 Å². The zero-order valence-electron chi connectivity index (χ0n) is 16.2. The van der Waals surface area contributed by atoms with Crippen LogP contribution in [0.5, 0.6) is 5.75 Å². The summed E-state index contributed by atoms with van der Waals surface area (Å²) in [5.74, 6) is -2.39. The van der Waals surface area contributed by atoms with Crippen LogP contribution in [0.15, 0.2) is 47.5 Å². The van der Waals surface area contributed by atoms with Crippen LogP contribution in [0.3, 0.4) is 0 Å². The molecule has 1 aliphatic rings. The molecule has 0 saturated carbocycles. The van der Waals surface area contributed by atoms with Crippen LogP contribution in [0.2, 0.25) is 0 Å². The first-order valence-electron chi connectivity index (χ1n) is 9.13. The molecule has 0 radical (unpaired) electrons. The molecule has 0 fully saturated rings. The molecule has 30 heavy (non-hydrogen) atoms. The van der Waals surface area contributed by atoms with Gasteiger partial charge in [-0.2, -0.15) is 4.31 Å². The van der Waals surface area contributed by atoms with Crippen molar-refractivity contribution in [2.24, 2.45) is 0 Å². The van der Waals surface area contributed by atoms with Gasteiger partial charge >= 0.3 is 5.97 Å². The number of aromatic nitrogens is 1. The largest absolute Gasteiger partial charge is 0.505 e. The van der Waals surface area contributed by atoms with Crippen LogP contribution in [-0.4, -0.2) is 59.4 Å². The summed E-state index contributed by atoms with van der Waals surface area (Å²) in [4.78, 5) is 26.6. The topological polar surface area (TPSA) is 137 Å². The first-order chi connectivity index (χ1) is 14.2. The number of carbonyl (C=O) groups is 2. The number of benzene rings is 1. The Labute approximate surface area is 173 Å². The lowest BCUT2D eigenvalue weighted by Gasteiger charge is -2.26. The third-order valence-corrected chi connectivity index (χ3v) is 6.56. The van der Waals surface area contributed by atoms with E-state index in [1.54, 1.807) is 30.3 Å². The molecule has 0 bridgehead atoms. The molecule has 9 nitrogen and oxygen atoms in total. The molecule has 1 aromatic carbocycles. The minimum absolute atomic E-state index is 0.174. The maximum Gasteiger partial charge on any atom is 0.322 e. The van der Waals surface area contributed by atoms with Gasteiger partial charge in [-0.25, -0.2) is 13.4 Å². The van der Waals surface area contributed by atoms with E-state index in [2.05, 4.69) is 10.3 Å². The third kappa shape index (κ3) is 4.66. The van der Waals surface area contributed by atoms with E-state index in [1.165, 1.54) is 16.6 Å². The second-order valence-electron chi connectivity index (χ2n) is 6.82. The van der Waals surface area contributed by atoms with Crippen molar-refractivity contribution in [3.05, 3.63) is 59.4 Å². The highest BCUT2D eigenvalue weighted by atomic mass is 32.2. The zero-order valence-corrected chi connectivity index (χ0v) is 17.0. The Balaban J connectivity index is 1.73. The van der Waals surface area contributed by atoms with Crippen molar-refractivity contribution in [1.29, 1.82) is 0 Å². The summed E-state index contributed by atoms with van der Waals surface area (Å²) in [6, 6.07) is 8.03. The minimum atomic E-state index is -3.60. The van der Waals surface area contributed by atoms with Crippen molar-refractivity contribution in [2.75, 3.05) is 19.6 Å². The van der Waals surface area contributed by atoms with Gasteiger partial charge in [-0.05, 0) is 42.7 Å². The van der Waals surface area contributed by atoms with Crippen molar-refractivity contribution in [2.45, 2.75) is 18.2 Å². The van der Waals surface area contributed by atoms with E-state index in [1.807, 2.05) is 6.92 Å². The Hall–Kier alpha value is -3.24. The number of nitrogens with one attached hydrogen (secondary N) is 1. The van der Waals surface area contributed by atoms with E-state index in [9.17, 15) is 23.1 Å². The average Bonchev–Trinajstić information content (AvgIpc) is 2.72. The van der Waals surface area contributed by atoms with Crippen molar-refractivity contribution in [1.82, 2.24) is 14.6 Å². The van der Waals surface area contributed by atoms with E-state index < -0.39 is 28.4 Å². The summed E-state index contributed by atoms with van der Waals surface area (Å²) in [5, 5.41) is 20.8. The SMILES string of the molecule is Cc1ccc(S(=O)(=O)N2CC=C(c3cnc(C(=O)NCC(=O)O)c(O)c3)CC2)cc1. The number of aryl methyl sites for hydroxylation is 1. The summed E-state index contributed by atoms with van der Waals surface area (Å²) in [6.45, 7) is 1.74. The summed E-state index contributed by atoms with van der Waals surface area (Å²) < 4.78 is 26.9. The normalized spacial score (nSPS) is 14.8. The Morgan fingerprint density at radius 1 is 1.23 bits per heavy atom. The summed E-state index contributed by atoms with van der Waals surface area (Å²) >= 11 is 0. The second kappa shape index (κ2) is 8.64. The molecular weight excluding hydrogens is 410 g/mol. The number of carboxylic acids is 1. The minimum Gasteiger partial charge on any atom is -0.505 e. The maximum absolute atomic E-state index is 12.8. The fourth-order valence-corrected chi connectivity index (χ4v) is 4.41. The molecule has 0 spiro atoms. The van der Waals surface area contributed by atoms with Crippen LogP contribution < -0.4 is 5.32 Å². The maximum atomic E-state index is 12.8. The van der Waals surface area contributed by atoms with Crippen LogP contribution in [0, 0.1) is 6.92 Å². The Kier molecular flexibility index (Phi) is 6.18. The molecule has 2 aromatic rings. The summed E-state index contributed by atoms with van der Waals surface area (Å²) in [7, 11) is -3.60. The molecule has 0 aliphatic carbocycles. The summed E-state index contributed by atoms with van der Waals surface area (Å²) in [6.07, 6.45) is 3.55. The quantitative estimate of drug-likeness (QED) is 0.628. The first kappa shape index (κ1) is 21.5. The second-order valence-corrected chi connectivity index (χ2v) is 8.76. The van der Waals surface area contributed by atoms with Crippen molar-refractivity contribution in [3.63, 3.8) is 0 Å². The molecule has 0 unspecified atom stereocenters. The van der Waals surface area contributed by atoms with Gasteiger partial charge in [-0.1, -0.05) is 23.8 Å². The standard InChI is InChI=1S/C20H21N3O6S/c1-13-2-4-16(5-3-13)30(28,29)23-8-6-14(7-9-23)15-10-17(24)19(21-11-15)20(27)22-12-18(25)26/h2-6,10-11,24H,7-9,12H2,1H3,(H,22,27)(H,25,26). The van der Waals surface area contributed by atoms with Crippen LogP contribution in [-0.2, 0) is 14.8 Å². The van der Waals surface area contributed by atoms with Gasteiger partial charge in [0.25, 0.3) is 5.91 Å². The van der Waals surface area contributed by atoms with Crippen LogP contribution in [0.25, 0.3) is 5.57 Å². The van der Waals surface area contributed by atoms with Crippen molar-refractivity contribution in [3.8, 4) is 5.75 Å². The van der Waals surface area contributed by atoms with Crippen molar-refractivity contribution < 1.29 is 28.2 Å². The number of pyridine rings is 1. The number of sulfonamides is 1. The number of nitrogens with zero attached hydrogens (tertiary/aromatic N) is 2. The lowest BCUT2D eigenvalue weighted by Crippen LogP contribution is -2.34. The van der Waals surface area contributed by atoms with E-state index in [4.69, 9.17) is 5.11 Å². The molecule has 3 N–H and O–H groups in total. The highest BCUT2D eigenvalue weighted by molar-refractivity contribution is 7.89. The van der Waals surface area contributed by atoms with E-state index in [0.29, 0.717) is 12.0 Å².